The number of benzene rings is 2. The fraction of sp³-hybridized carbons (Fsp3) is 0.240. The molecule has 0 bridgehead atoms. The summed E-state index contributed by atoms with van der Waals surface area (Å²) in [5, 5.41) is 10.7. The summed E-state index contributed by atoms with van der Waals surface area (Å²) in [5.41, 5.74) is 4.45. The number of thioether (sulfide) groups is 1. The molecule has 1 amide bonds. The molecule has 0 saturated heterocycles. The number of para-hydroxylation sites is 2. The summed E-state index contributed by atoms with van der Waals surface area (Å²) >= 11 is 1.41. The molecule has 33 heavy (non-hydrogen) atoms. The monoisotopic (exact) mass is 459 g/mol. The SMILES string of the molecule is C=CCn1c(SCC(=O)N2CCc3[nH]c4ccccc4c3C2)nnc1-c1ccccc1OC. The zero-order valence-corrected chi connectivity index (χ0v) is 19.3. The third-order valence-corrected chi connectivity index (χ3v) is 6.89. The van der Waals surface area contributed by atoms with Crippen molar-refractivity contribution in [3.05, 3.63) is 72.4 Å². The number of H-pyrrole nitrogens is 1. The lowest BCUT2D eigenvalue weighted by Crippen LogP contribution is -2.36. The smallest absolute Gasteiger partial charge is 0.233 e. The molecule has 4 aromatic rings. The topological polar surface area (TPSA) is 76.0 Å². The van der Waals surface area contributed by atoms with Gasteiger partial charge in [-0.2, -0.15) is 0 Å². The molecule has 0 fully saturated rings. The number of rotatable bonds is 7. The molecule has 168 valence electrons. The van der Waals surface area contributed by atoms with Gasteiger partial charge in [0.1, 0.15) is 5.75 Å². The van der Waals surface area contributed by atoms with E-state index in [4.69, 9.17) is 4.74 Å². The Morgan fingerprint density at radius 3 is 2.88 bits per heavy atom. The number of hydrogen-bond acceptors (Lipinski definition) is 5. The molecule has 0 atom stereocenters. The maximum absolute atomic E-state index is 13.1. The molecule has 2 aromatic carbocycles. The molecule has 8 heteroatoms. The Labute approximate surface area is 196 Å². The van der Waals surface area contributed by atoms with E-state index in [1.807, 2.05) is 45.9 Å². The van der Waals surface area contributed by atoms with Crippen LogP contribution in [0.5, 0.6) is 5.75 Å². The van der Waals surface area contributed by atoms with Crippen LogP contribution in [0.2, 0.25) is 0 Å². The number of carbonyl (C=O) groups is 1. The van der Waals surface area contributed by atoms with Crippen molar-refractivity contribution in [1.29, 1.82) is 0 Å². The van der Waals surface area contributed by atoms with Crippen LogP contribution >= 0.6 is 11.8 Å². The summed E-state index contributed by atoms with van der Waals surface area (Å²) in [6.45, 7) is 5.75. The molecule has 1 aliphatic heterocycles. The van der Waals surface area contributed by atoms with Gasteiger partial charge in [-0.3, -0.25) is 9.36 Å². The normalized spacial score (nSPS) is 13.2. The number of aromatic nitrogens is 4. The van der Waals surface area contributed by atoms with Gasteiger partial charge in [-0.05, 0) is 18.2 Å². The van der Waals surface area contributed by atoms with Crippen molar-refractivity contribution >= 4 is 28.6 Å². The fourth-order valence-electron chi connectivity index (χ4n) is 4.31. The van der Waals surface area contributed by atoms with Crippen LogP contribution < -0.4 is 4.74 Å². The number of allylic oxidation sites excluding steroid dienone is 1. The Bertz CT molecular complexity index is 1330. The zero-order valence-electron chi connectivity index (χ0n) is 18.5. The maximum atomic E-state index is 13.1. The van der Waals surface area contributed by atoms with Crippen molar-refractivity contribution in [3.63, 3.8) is 0 Å². The highest BCUT2D eigenvalue weighted by Gasteiger charge is 2.25. The van der Waals surface area contributed by atoms with Gasteiger partial charge < -0.3 is 14.6 Å². The van der Waals surface area contributed by atoms with Gasteiger partial charge in [0.2, 0.25) is 5.91 Å². The molecule has 1 aliphatic rings. The van der Waals surface area contributed by atoms with Crippen LogP contribution in [0.25, 0.3) is 22.3 Å². The first-order chi connectivity index (χ1) is 16.2. The van der Waals surface area contributed by atoms with Gasteiger partial charge in [-0.25, -0.2) is 0 Å². The van der Waals surface area contributed by atoms with Crippen LogP contribution in [0, 0.1) is 0 Å². The largest absolute Gasteiger partial charge is 0.496 e. The van der Waals surface area contributed by atoms with Crippen molar-refractivity contribution in [2.24, 2.45) is 0 Å². The van der Waals surface area contributed by atoms with Gasteiger partial charge in [-0.1, -0.05) is 48.2 Å². The lowest BCUT2D eigenvalue weighted by atomic mass is 10.0. The first kappa shape index (κ1) is 21.3. The Morgan fingerprint density at radius 1 is 1.21 bits per heavy atom. The van der Waals surface area contributed by atoms with Gasteiger partial charge in [0, 0.05) is 48.2 Å². The molecule has 7 nitrogen and oxygen atoms in total. The van der Waals surface area contributed by atoms with Crippen molar-refractivity contribution in [2.45, 2.75) is 24.7 Å². The van der Waals surface area contributed by atoms with E-state index in [-0.39, 0.29) is 5.91 Å². The number of methoxy groups -OCH3 is 1. The number of nitrogens with one attached hydrogen (secondary N) is 1. The quantitative estimate of drug-likeness (QED) is 0.329. The van der Waals surface area contributed by atoms with Gasteiger partial charge in [-0.15, -0.1) is 16.8 Å². The zero-order chi connectivity index (χ0) is 22.8. The van der Waals surface area contributed by atoms with Gasteiger partial charge >= 0.3 is 0 Å². The number of hydrogen-bond donors (Lipinski definition) is 1. The summed E-state index contributed by atoms with van der Waals surface area (Å²) < 4.78 is 7.46. The third kappa shape index (κ3) is 4.02. The molecule has 3 heterocycles. The lowest BCUT2D eigenvalue weighted by Gasteiger charge is -2.27. The van der Waals surface area contributed by atoms with Crippen LogP contribution in [-0.4, -0.2) is 50.0 Å². The van der Waals surface area contributed by atoms with E-state index in [1.165, 1.54) is 28.4 Å². The Morgan fingerprint density at radius 2 is 2.03 bits per heavy atom. The summed E-state index contributed by atoms with van der Waals surface area (Å²) in [4.78, 5) is 18.5. The van der Waals surface area contributed by atoms with Crippen LogP contribution in [0.4, 0.5) is 0 Å². The first-order valence-corrected chi connectivity index (χ1v) is 11.8. The molecule has 1 N–H and O–H groups in total. The van der Waals surface area contributed by atoms with Crippen molar-refractivity contribution < 1.29 is 9.53 Å². The van der Waals surface area contributed by atoms with Gasteiger partial charge in [0.05, 0.1) is 18.4 Å². The van der Waals surface area contributed by atoms with E-state index in [2.05, 4.69) is 33.9 Å². The van der Waals surface area contributed by atoms with E-state index in [1.54, 1.807) is 13.2 Å². The standard InChI is InChI=1S/C25H25N5O2S/c1-3-13-30-24(18-9-5-7-11-22(18)32-2)27-28-25(30)33-16-23(31)29-14-12-21-19(15-29)17-8-4-6-10-20(17)26-21/h3-11,26H,1,12-16H2,2H3. The van der Waals surface area contributed by atoms with E-state index < -0.39 is 0 Å². The highest BCUT2D eigenvalue weighted by Crippen LogP contribution is 2.32. The first-order valence-electron chi connectivity index (χ1n) is 10.9. The molecular weight excluding hydrogens is 434 g/mol. The van der Waals surface area contributed by atoms with Crippen molar-refractivity contribution in [2.75, 3.05) is 19.4 Å². The molecule has 0 radical (unpaired) electrons. The third-order valence-electron chi connectivity index (χ3n) is 5.94. The van der Waals surface area contributed by atoms with Crippen LogP contribution in [0.3, 0.4) is 0 Å². The summed E-state index contributed by atoms with van der Waals surface area (Å²) in [6, 6.07) is 16.0. The number of nitrogens with zero attached hydrogens (tertiary/aromatic N) is 4. The van der Waals surface area contributed by atoms with Crippen molar-refractivity contribution in [3.8, 4) is 17.1 Å². The maximum Gasteiger partial charge on any atom is 0.233 e. The van der Waals surface area contributed by atoms with Gasteiger partial charge in [0.15, 0.2) is 11.0 Å². The van der Waals surface area contributed by atoms with E-state index in [9.17, 15) is 4.79 Å². The summed E-state index contributed by atoms with van der Waals surface area (Å²) in [5.74, 6) is 1.83. The number of amides is 1. The summed E-state index contributed by atoms with van der Waals surface area (Å²) in [7, 11) is 1.64. The average Bonchev–Trinajstić information content (AvgIpc) is 3.43. The number of fused-ring (bicyclic) bond motifs is 3. The second-order valence-electron chi connectivity index (χ2n) is 7.89. The molecule has 0 saturated carbocycles. The predicted octanol–water partition coefficient (Wildman–Crippen LogP) is 4.30. The van der Waals surface area contributed by atoms with Gasteiger partial charge in [0.25, 0.3) is 0 Å². The number of carbonyl (C=O) groups excluding carboxylic acids is 1. The predicted molar refractivity (Wildman–Crippen MR) is 130 cm³/mol. The molecule has 0 spiro atoms. The fourth-order valence-corrected chi connectivity index (χ4v) is 5.17. The lowest BCUT2D eigenvalue weighted by molar-refractivity contribution is -0.129. The van der Waals surface area contributed by atoms with Crippen LogP contribution in [0.15, 0.2) is 66.3 Å². The van der Waals surface area contributed by atoms with E-state index in [0.29, 0.717) is 36.4 Å². The second kappa shape index (κ2) is 9.15. The number of ether oxygens (including phenoxy) is 1. The number of aromatic amines is 1. The summed E-state index contributed by atoms with van der Waals surface area (Å²) in [6.07, 6.45) is 2.64. The molecule has 5 rings (SSSR count). The van der Waals surface area contributed by atoms with E-state index in [0.717, 1.165) is 23.3 Å². The minimum Gasteiger partial charge on any atom is -0.496 e. The Kier molecular flexibility index (Phi) is 5.92. The van der Waals surface area contributed by atoms with Crippen LogP contribution in [-0.2, 0) is 24.3 Å². The molecule has 0 aliphatic carbocycles. The van der Waals surface area contributed by atoms with E-state index >= 15 is 0 Å². The van der Waals surface area contributed by atoms with Crippen LogP contribution in [0.1, 0.15) is 11.3 Å². The molecular formula is C25H25N5O2S. The molecule has 2 aromatic heterocycles. The second-order valence-corrected chi connectivity index (χ2v) is 8.83. The highest BCUT2D eigenvalue weighted by atomic mass is 32.2. The average molecular weight is 460 g/mol. The highest BCUT2D eigenvalue weighted by molar-refractivity contribution is 7.99. The Hall–Kier alpha value is -3.52. The minimum absolute atomic E-state index is 0.0999. The minimum atomic E-state index is 0.0999. The Balaban J connectivity index is 1.33. The molecule has 0 unspecified atom stereocenters. The van der Waals surface area contributed by atoms with Crippen molar-refractivity contribution in [1.82, 2.24) is 24.6 Å².